The van der Waals surface area contributed by atoms with Crippen LogP contribution in [-0.2, 0) is 4.79 Å². The first kappa shape index (κ1) is 15.4. The van der Waals surface area contributed by atoms with Crippen LogP contribution in [0.4, 0.5) is 5.69 Å². The molecule has 0 heterocycles. The van der Waals surface area contributed by atoms with Crippen LogP contribution in [0.15, 0.2) is 48.5 Å². The molecule has 0 aliphatic carbocycles. The van der Waals surface area contributed by atoms with Crippen LogP contribution in [0, 0.1) is 0 Å². The van der Waals surface area contributed by atoms with Crippen LogP contribution in [0.2, 0.25) is 0 Å². The maximum absolute atomic E-state index is 11.2. The highest BCUT2D eigenvalue weighted by atomic mass is 35.5. The maximum Gasteiger partial charge on any atom is 0.239 e. The van der Waals surface area contributed by atoms with Crippen molar-refractivity contribution in [3.63, 3.8) is 0 Å². The summed E-state index contributed by atoms with van der Waals surface area (Å²) < 4.78 is 5.82. The largest absolute Gasteiger partial charge is 0.457 e. The van der Waals surface area contributed by atoms with E-state index in [0.717, 1.165) is 11.5 Å². The molecule has 0 saturated carbocycles. The van der Waals surface area contributed by atoms with Gasteiger partial charge in [-0.3, -0.25) is 4.79 Å². The number of anilines is 1. The zero-order chi connectivity index (χ0) is 15.2. The normalized spacial score (nSPS) is 10.5. The van der Waals surface area contributed by atoms with Crippen molar-refractivity contribution in [2.24, 2.45) is 0 Å². The Labute approximate surface area is 129 Å². The first-order valence-corrected chi connectivity index (χ1v) is 7.35. The second kappa shape index (κ2) is 7.14. The lowest BCUT2D eigenvalue weighted by molar-refractivity contribution is -0.113. The molecule has 0 saturated heterocycles. The van der Waals surface area contributed by atoms with Gasteiger partial charge in [-0.1, -0.05) is 26.0 Å². The fraction of sp³-hybridized carbons (Fsp3) is 0.235. The molecule has 0 aliphatic heterocycles. The van der Waals surface area contributed by atoms with E-state index in [9.17, 15) is 4.79 Å². The molecule has 0 spiro atoms. The number of carbonyl (C=O) groups is 1. The van der Waals surface area contributed by atoms with Crippen LogP contribution in [0.5, 0.6) is 11.5 Å². The van der Waals surface area contributed by atoms with Crippen molar-refractivity contribution < 1.29 is 9.53 Å². The number of rotatable bonds is 5. The smallest absolute Gasteiger partial charge is 0.239 e. The molecule has 0 aliphatic rings. The molecule has 2 aromatic carbocycles. The molecule has 4 heteroatoms. The number of hydrogen-bond donors (Lipinski definition) is 1. The highest BCUT2D eigenvalue weighted by Gasteiger charge is 2.03. The van der Waals surface area contributed by atoms with Crippen molar-refractivity contribution in [2.75, 3.05) is 11.2 Å². The van der Waals surface area contributed by atoms with E-state index in [-0.39, 0.29) is 11.8 Å². The summed E-state index contributed by atoms with van der Waals surface area (Å²) in [6.45, 7) is 4.29. The molecule has 0 fully saturated rings. The van der Waals surface area contributed by atoms with Gasteiger partial charge in [-0.25, -0.2) is 0 Å². The topological polar surface area (TPSA) is 38.3 Å². The number of amides is 1. The van der Waals surface area contributed by atoms with Crippen molar-refractivity contribution in [1.29, 1.82) is 0 Å². The Bertz CT molecular complexity index is 608. The highest BCUT2D eigenvalue weighted by molar-refractivity contribution is 6.29. The zero-order valence-electron chi connectivity index (χ0n) is 12.1. The van der Waals surface area contributed by atoms with Gasteiger partial charge in [0.1, 0.15) is 17.4 Å². The van der Waals surface area contributed by atoms with E-state index in [1.165, 1.54) is 5.56 Å². The highest BCUT2D eigenvalue weighted by Crippen LogP contribution is 2.26. The Kier molecular flexibility index (Phi) is 5.23. The first-order valence-electron chi connectivity index (χ1n) is 6.82. The van der Waals surface area contributed by atoms with Gasteiger partial charge < -0.3 is 10.1 Å². The van der Waals surface area contributed by atoms with Crippen molar-refractivity contribution in [3.05, 3.63) is 54.1 Å². The van der Waals surface area contributed by atoms with Gasteiger partial charge in [0.25, 0.3) is 0 Å². The molecule has 0 unspecified atom stereocenters. The standard InChI is InChI=1S/C17H18ClNO2/c1-12(2)13-4-3-5-16(10-13)21-15-8-6-14(7-9-15)19-17(20)11-18/h3-10,12H,11H2,1-2H3,(H,19,20). The third kappa shape index (κ3) is 4.50. The van der Waals surface area contributed by atoms with Crippen molar-refractivity contribution >= 4 is 23.2 Å². The molecule has 2 aromatic rings. The van der Waals surface area contributed by atoms with E-state index in [4.69, 9.17) is 16.3 Å². The molecule has 3 nitrogen and oxygen atoms in total. The van der Waals surface area contributed by atoms with Gasteiger partial charge in [0.15, 0.2) is 0 Å². The number of ether oxygens (including phenoxy) is 1. The predicted molar refractivity (Wildman–Crippen MR) is 86.4 cm³/mol. The second-order valence-electron chi connectivity index (χ2n) is 5.04. The average molecular weight is 304 g/mol. The molecule has 0 aromatic heterocycles. The zero-order valence-corrected chi connectivity index (χ0v) is 12.9. The number of halogens is 1. The van der Waals surface area contributed by atoms with Crippen LogP contribution in [0.1, 0.15) is 25.3 Å². The third-order valence-corrected chi connectivity index (χ3v) is 3.26. The number of hydrogen-bond acceptors (Lipinski definition) is 2. The summed E-state index contributed by atoms with van der Waals surface area (Å²) in [4.78, 5) is 11.2. The van der Waals surface area contributed by atoms with E-state index in [1.807, 2.05) is 30.3 Å². The molecular formula is C17H18ClNO2. The lowest BCUT2D eigenvalue weighted by Crippen LogP contribution is -2.12. The summed E-state index contributed by atoms with van der Waals surface area (Å²) in [6.07, 6.45) is 0. The Morgan fingerprint density at radius 1 is 1.14 bits per heavy atom. The molecule has 0 bridgehead atoms. The van der Waals surface area contributed by atoms with E-state index < -0.39 is 0 Å². The van der Waals surface area contributed by atoms with Crippen LogP contribution in [0.3, 0.4) is 0 Å². The Hall–Kier alpha value is -2.00. The van der Waals surface area contributed by atoms with E-state index in [2.05, 4.69) is 25.2 Å². The summed E-state index contributed by atoms with van der Waals surface area (Å²) in [5.74, 6) is 1.70. The van der Waals surface area contributed by atoms with E-state index >= 15 is 0 Å². The van der Waals surface area contributed by atoms with E-state index in [0.29, 0.717) is 11.6 Å². The third-order valence-electron chi connectivity index (χ3n) is 3.02. The minimum atomic E-state index is -0.227. The van der Waals surface area contributed by atoms with Gasteiger partial charge >= 0.3 is 0 Å². The summed E-state index contributed by atoms with van der Waals surface area (Å²) in [5, 5.41) is 2.68. The average Bonchev–Trinajstić information content (AvgIpc) is 2.49. The van der Waals surface area contributed by atoms with Gasteiger partial charge in [-0.2, -0.15) is 0 Å². The van der Waals surface area contributed by atoms with Crippen LogP contribution >= 0.6 is 11.6 Å². The van der Waals surface area contributed by atoms with E-state index in [1.54, 1.807) is 12.1 Å². The number of carbonyl (C=O) groups excluding carboxylic acids is 1. The quantitative estimate of drug-likeness (QED) is 0.807. The fourth-order valence-electron chi connectivity index (χ4n) is 1.87. The second-order valence-corrected chi connectivity index (χ2v) is 5.30. The minimum Gasteiger partial charge on any atom is -0.457 e. The van der Waals surface area contributed by atoms with Gasteiger partial charge in [0.05, 0.1) is 0 Å². The number of benzene rings is 2. The molecule has 1 amide bonds. The molecular weight excluding hydrogens is 286 g/mol. The maximum atomic E-state index is 11.2. The van der Waals surface area contributed by atoms with Crippen LogP contribution < -0.4 is 10.1 Å². The van der Waals surface area contributed by atoms with Gasteiger partial charge in [-0.15, -0.1) is 11.6 Å². The summed E-state index contributed by atoms with van der Waals surface area (Å²) in [6, 6.07) is 15.2. The van der Waals surface area contributed by atoms with Crippen molar-refractivity contribution in [2.45, 2.75) is 19.8 Å². The molecule has 1 N–H and O–H groups in total. The molecule has 110 valence electrons. The molecule has 0 atom stereocenters. The first-order chi connectivity index (χ1) is 10.1. The fourth-order valence-corrected chi connectivity index (χ4v) is 1.94. The Balaban J connectivity index is 2.06. The van der Waals surface area contributed by atoms with Gasteiger partial charge in [-0.05, 0) is 47.9 Å². The SMILES string of the molecule is CC(C)c1cccc(Oc2ccc(NC(=O)CCl)cc2)c1. The predicted octanol–water partition coefficient (Wildman–Crippen LogP) is 4.78. The summed E-state index contributed by atoms with van der Waals surface area (Å²) >= 11 is 5.44. The Morgan fingerprint density at radius 3 is 2.48 bits per heavy atom. The number of nitrogens with one attached hydrogen (secondary N) is 1. The summed E-state index contributed by atoms with van der Waals surface area (Å²) in [5.41, 5.74) is 1.93. The molecule has 21 heavy (non-hydrogen) atoms. The summed E-state index contributed by atoms with van der Waals surface area (Å²) in [7, 11) is 0. The van der Waals surface area contributed by atoms with Crippen LogP contribution in [-0.4, -0.2) is 11.8 Å². The lowest BCUT2D eigenvalue weighted by atomic mass is 10.0. The van der Waals surface area contributed by atoms with Gasteiger partial charge in [0.2, 0.25) is 5.91 Å². The Morgan fingerprint density at radius 2 is 1.86 bits per heavy atom. The van der Waals surface area contributed by atoms with Crippen molar-refractivity contribution in [3.8, 4) is 11.5 Å². The minimum absolute atomic E-state index is 0.0553. The molecule has 0 radical (unpaired) electrons. The monoisotopic (exact) mass is 303 g/mol. The van der Waals surface area contributed by atoms with Crippen molar-refractivity contribution in [1.82, 2.24) is 0 Å². The van der Waals surface area contributed by atoms with Crippen LogP contribution in [0.25, 0.3) is 0 Å². The molecule has 2 rings (SSSR count). The number of alkyl halides is 1. The lowest BCUT2D eigenvalue weighted by Gasteiger charge is -2.10. The van der Waals surface area contributed by atoms with Gasteiger partial charge in [0, 0.05) is 5.69 Å².